The van der Waals surface area contributed by atoms with Crippen LogP contribution in [-0.2, 0) is 0 Å². The number of hydrogen-bond acceptors (Lipinski definition) is 3. The summed E-state index contributed by atoms with van der Waals surface area (Å²) < 4.78 is 0. The van der Waals surface area contributed by atoms with Crippen LogP contribution in [0.4, 0.5) is 0 Å². The molecule has 1 N–H and O–H groups in total. The maximum atomic E-state index is 3.72. The van der Waals surface area contributed by atoms with Crippen molar-refractivity contribution in [3.05, 3.63) is 0 Å². The lowest BCUT2D eigenvalue weighted by molar-refractivity contribution is 0.262. The molecule has 0 amide bonds. The first-order valence-corrected chi connectivity index (χ1v) is 8.57. The predicted molar refractivity (Wildman–Crippen MR) is 79.7 cm³/mol. The van der Waals surface area contributed by atoms with E-state index in [2.05, 4.69) is 63.5 Å². The summed E-state index contributed by atoms with van der Waals surface area (Å²) in [5, 5.41) is 5.34. The SMILES string of the molecule is CCNC(C1SCCSC1CC)C(C)(C)C. The van der Waals surface area contributed by atoms with Crippen LogP contribution >= 0.6 is 23.5 Å². The Morgan fingerprint density at radius 3 is 2.31 bits per heavy atom. The monoisotopic (exact) mass is 261 g/mol. The van der Waals surface area contributed by atoms with Crippen LogP contribution < -0.4 is 5.32 Å². The summed E-state index contributed by atoms with van der Waals surface area (Å²) in [6.45, 7) is 12.7. The van der Waals surface area contributed by atoms with Gasteiger partial charge in [0.1, 0.15) is 0 Å². The van der Waals surface area contributed by atoms with Crippen LogP contribution in [0.15, 0.2) is 0 Å². The topological polar surface area (TPSA) is 12.0 Å². The molecule has 96 valence electrons. The Labute approximate surface area is 110 Å². The minimum atomic E-state index is 0.360. The molecule has 1 fully saturated rings. The van der Waals surface area contributed by atoms with Crippen molar-refractivity contribution in [2.45, 2.75) is 57.6 Å². The number of rotatable bonds is 4. The summed E-state index contributed by atoms with van der Waals surface area (Å²) in [6.07, 6.45) is 1.31. The van der Waals surface area contributed by atoms with Gasteiger partial charge >= 0.3 is 0 Å². The van der Waals surface area contributed by atoms with Gasteiger partial charge in [-0.15, -0.1) is 0 Å². The van der Waals surface area contributed by atoms with Crippen LogP contribution in [0.3, 0.4) is 0 Å². The zero-order valence-corrected chi connectivity index (χ0v) is 13.0. The maximum Gasteiger partial charge on any atom is 0.0325 e. The largest absolute Gasteiger partial charge is 0.313 e. The van der Waals surface area contributed by atoms with E-state index in [1.165, 1.54) is 17.9 Å². The molecule has 1 aliphatic heterocycles. The fraction of sp³-hybridized carbons (Fsp3) is 1.00. The Morgan fingerprint density at radius 2 is 1.81 bits per heavy atom. The van der Waals surface area contributed by atoms with Gasteiger partial charge in [0.2, 0.25) is 0 Å². The van der Waals surface area contributed by atoms with E-state index in [-0.39, 0.29) is 0 Å². The molecule has 0 radical (unpaired) electrons. The molecular weight excluding hydrogens is 234 g/mol. The van der Waals surface area contributed by atoms with Crippen molar-refractivity contribution < 1.29 is 0 Å². The van der Waals surface area contributed by atoms with Crippen molar-refractivity contribution in [3.8, 4) is 0 Å². The highest BCUT2D eigenvalue weighted by molar-refractivity contribution is 8.07. The average molecular weight is 262 g/mol. The van der Waals surface area contributed by atoms with Gasteiger partial charge in [0.25, 0.3) is 0 Å². The van der Waals surface area contributed by atoms with Crippen molar-refractivity contribution in [1.82, 2.24) is 5.32 Å². The summed E-state index contributed by atoms with van der Waals surface area (Å²) >= 11 is 4.37. The molecule has 1 heterocycles. The fourth-order valence-electron chi connectivity index (χ4n) is 2.38. The molecule has 16 heavy (non-hydrogen) atoms. The van der Waals surface area contributed by atoms with Gasteiger partial charge in [-0.05, 0) is 18.4 Å². The lowest BCUT2D eigenvalue weighted by Crippen LogP contribution is -2.52. The predicted octanol–water partition coefficient (Wildman–Crippen LogP) is 3.64. The molecular formula is C13H27NS2. The summed E-state index contributed by atoms with van der Waals surface area (Å²) in [6, 6.07) is 0.639. The molecule has 0 bridgehead atoms. The quantitative estimate of drug-likeness (QED) is 0.830. The van der Waals surface area contributed by atoms with Gasteiger partial charge in [-0.2, -0.15) is 23.5 Å². The molecule has 1 aliphatic rings. The molecule has 1 rings (SSSR count). The van der Waals surface area contributed by atoms with E-state index in [9.17, 15) is 0 Å². The number of thioether (sulfide) groups is 2. The molecule has 0 saturated carbocycles. The molecule has 0 aromatic heterocycles. The lowest BCUT2D eigenvalue weighted by atomic mass is 9.83. The van der Waals surface area contributed by atoms with Gasteiger partial charge in [0.15, 0.2) is 0 Å². The van der Waals surface area contributed by atoms with Crippen LogP contribution in [0.5, 0.6) is 0 Å². The third-order valence-corrected chi connectivity index (χ3v) is 6.53. The summed E-state index contributed by atoms with van der Waals surface area (Å²) in [4.78, 5) is 0. The van der Waals surface area contributed by atoms with E-state index in [4.69, 9.17) is 0 Å². The molecule has 0 aromatic carbocycles. The highest BCUT2D eigenvalue weighted by Gasteiger charge is 2.37. The Kier molecular flexibility index (Phi) is 6.03. The van der Waals surface area contributed by atoms with E-state index < -0.39 is 0 Å². The van der Waals surface area contributed by atoms with Crippen LogP contribution in [0.25, 0.3) is 0 Å². The van der Waals surface area contributed by atoms with E-state index in [0.717, 1.165) is 17.0 Å². The van der Waals surface area contributed by atoms with Crippen molar-refractivity contribution in [2.24, 2.45) is 5.41 Å². The molecule has 0 spiro atoms. The van der Waals surface area contributed by atoms with Gasteiger partial charge < -0.3 is 5.32 Å². The fourth-order valence-corrected chi connectivity index (χ4v) is 5.88. The number of hydrogen-bond donors (Lipinski definition) is 1. The maximum absolute atomic E-state index is 3.72. The first-order valence-electron chi connectivity index (χ1n) is 6.47. The molecule has 0 aliphatic carbocycles. The first-order chi connectivity index (χ1) is 7.50. The summed E-state index contributed by atoms with van der Waals surface area (Å²) in [5.74, 6) is 2.66. The van der Waals surface area contributed by atoms with Crippen LogP contribution in [0, 0.1) is 5.41 Å². The first kappa shape index (κ1) is 14.7. The number of nitrogens with one attached hydrogen (secondary N) is 1. The lowest BCUT2D eigenvalue weighted by Gasteiger charge is -2.42. The second kappa shape index (κ2) is 6.55. The van der Waals surface area contributed by atoms with Gasteiger partial charge in [-0.3, -0.25) is 0 Å². The van der Waals surface area contributed by atoms with Crippen molar-refractivity contribution in [2.75, 3.05) is 18.1 Å². The second-order valence-corrected chi connectivity index (χ2v) is 8.19. The molecule has 1 nitrogen and oxygen atoms in total. The third-order valence-electron chi connectivity index (χ3n) is 3.18. The molecule has 3 unspecified atom stereocenters. The minimum absolute atomic E-state index is 0.360. The van der Waals surface area contributed by atoms with Crippen molar-refractivity contribution in [1.29, 1.82) is 0 Å². The minimum Gasteiger partial charge on any atom is -0.313 e. The highest BCUT2D eigenvalue weighted by atomic mass is 32.2. The van der Waals surface area contributed by atoms with Gasteiger partial charge in [0, 0.05) is 28.0 Å². The van der Waals surface area contributed by atoms with Crippen LogP contribution in [0.2, 0.25) is 0 Å². The summed E-state index contributed by atoms with van der Waals surface area (Å²) in [5.41, 5.74) is 0.360. The highest BCUT2D eigenvalue weighted by Crippen LogP contribution is 2.39. The zero-order valence-electron chi connectivity index (χ0n) is 11.4. The van der Waals surface area contributed by atoms with Gasteiger partial charge in [-0.25, -0.2) is 0 Å². The van der Waals surface area contributed by atoms with Gasteiger partial charge in [0.05, 0.1) is 0 Å². The smallest absolute Gasteiger partial charge is 0.0325 e. The van der Waals surface area contributed by atoms with Gasteiger partial charge in [-0.1, -0.05) is 34.6 Å². The molecule has 0 aromatic rings. The molecule has 3 atom stereocenters. The molecule has 1 saturated heterocycles. The van der Waals surface area contributed by atoms with Crippen molar-refractivity contribution >= 4 is 23.5 Å². The standard InChI is InChI=1S/C13H27NS2/c1-6-10-11(16-9-8-15-10)12(14-7-2)13(3,4)5/h10-12,14H,6-9H2,1-5H3. The van der Waals surface area contributed by atoms with Crippen LogP contribution in [0.1, 0.15) is 41.0 Å². The van der Waals surface area contributed by atoms with Crippen LogP contribution in [-0.4, -0.2) is 34.6 Å². The van der Waals surface area contributed by atoms with Crippen molar-refractivity contribution in [3.63, 3.8) is 0 Å². The van der Waals surface area contributed by atoms with E-state index in [1.54, 1.807) is 0 Å². The molecule has 3 heteroatoms. The zero-order chi connectivity index (χ0) is 12.2. The van der Waals surface area contributed by atoms with E-state index in [0.29, 0.717) is 11.5 Å². The van der Waals surface area contributed by atoms with E-state index >= 15 is 0 Å². The normalized spacial score (nSPS) is 29.1. The average Bonchev–Trinajstić information content (AvgIpc) is 2.24. The Hall–Kier alpha value is 0.660. The Balaban J connectivity index is 2.74. The Morgan fingerprint density at radius 1 is 1.19 bits per heavy atom. The third kappa shape index (κ3) is 3.85. The van der Waals surface area contributed by atoms with E-state index in [1.807, 2.05) is 0 Å². The Bertz CT molecular complexity index is 201. The summed E-state index contributed by atoms with van der Waals surface area (Å²) in [7, 11) is 0. The second-order valence-electron chi connectivity index (χ2n) is 5.55.